The molecule has 0 spiro atoms. The van der Waals surface area contributed by atoms with Crippen LogP contribution < -0.4 is 11.1 Å². The number of nitrogens with two attached hydrogens (primary N) is 1. The van der Waals surface area contributed by atoms with Crippen molar-refractivity contribution in [1.29, 1.82) is 0 Å². The summed E-state index contributed by atoms with van der Waals surface area (Å²) in [5.74, 6) is 1.92. The predicted molar refractivity (Wildman–Crippen MR) is 69.5 cm³/mol. The van der Waals surface area contributed by atoms with Crippen molar-refractivity contribution in [3.63, 3.8) is 0 Å². The summed E-state index contributed by atoms with van der Waals surface area (Å²) in [6.07, 6.45) is 8.49. The van der Waals surface area contributed by atoms with E-state index >= 15 is 0 Å². The van der Waals surface area contributed by atoms with Crippen LogP contribution in [0.5, 0.6) is 0 Å². The Morgan fingerprint density at radius 2 is 2.00 bits per heavy atom. The zero-order valence-electron chi connectivity index (χ0n) is 10.8. The highest BCUT2D eigenvalue weighted by Gasteiger charge is 2.24. The number of nitrogens with one attached hydrogen (secondary N) is 1. The maximum absolute atomic E-state index is 12.0. The Labute approximate surface area is 108 Å². The van der Waals surface area contributed by atoms with Gasteiger partial charge in [-0.05, 0) is 26.2 Å². The molecular formula is C13H21N3O2. The highest BCUT2D eigenvalue weighted by molar-refractivity contribution is 5.89. The van der Waals surface area contributed by atoms with Gasteiger partial charge in [0.15, 0.2) is 0 Å². The molecule has 3 N–H and O–H groups in total. The van der Waals surface area contributed by atoms with Gasteiger partial charge in [0, 0.05) is 19.5 Å². The van der Waals surface area contributed by atoms with E-state index in [1.54, 1.807) is 11.8 Å². The molecule has 2 atom stereocenters. The monoisotopic (exact) mass is 251 g/mol. The van der Waals surface area contributed by atoms with E-state index in [0.717, 1.165) is 32.4 Å². The largest absolute Gasteiger partial charge is 0.343 e. The van der Waals surface area contributed by atoms with Crippen molar-refractivity contribution < 1.29 is 9.59 Å². The Kier molecular flexibility index (Phi) is 5.66. The third-order valence-electron chi connectivity index (χ3n) is 3.07. The first-order valence-electron chi connectivity index (χ1n) is 6.34. The first-order valence-corrected chi connectivity index (χ1v) is 6.34. The first kappa shape index (κ1) is 14.5. The van der Waals surface area contributed by atoms with Gasteiger partial charge in [-0.3, -0.25) is 9.59 Å². The SMILES string of the molecule is C#CCC(N)C(=O)NC(C)C(=O)N1CCCCC1. The number of carbonyl (C=O) groups is 2. The molecule has 0 aromatic rings. The summed E-state index contributed by atoms with van der Waals surface area (Å²) < 4.78 is 0. The Bertz CT molecular complexity index is 343. The van der Waals surface area contributed by atoms with Gasteiger partial charge in [0.25, 0.3) is 0 Å². The Balaban J connectivity index is 2.44. The maximum Gasteiger partial charge on any atom is 0.244 e. The first-order chi connectivity index (χ1) is 8.56. The molecule has 18 heavy (non-hydrogen) atoms. The number of likely N-dealkylation sites (tertiary alicyclic amines) is 1. The van der Waals surface area contributed by atoms with Crippen LogP contribution in [0.15, 0.2) is 0 Å². The minimum Gasteiger partial charge on any atom is -0.343 e. The smallest absolute Gasteiger partial charge is 0.244 e. The van der Waals surface area contributed by atoms with Crippen LogP contribution in [0, 0.1) is 12.3 Å². The molecular weight excluding hydrogens is 230 g/mol. The van der Waals surface area contributed by atoms with E-state index in [9.17, 15) is 9.59 Å². The van der Waals surface area contributed by atoms with Crippen molar-refractivity contribution >= 4 is 11.8 Å². The van der Waals surface area contributed by atoms with Gasteiger partial charge in [-0.25, -0.2) is 0 Å². The van der Waals surface area contributed by atoms with Crippen LogP contribution in [0.1, 0.15) is 32.6 Å². The Hall–Kier alpha value is -1.54. The molecule has 1 fully saturated rings. The van der Waals surface area contributed by atoms with Crippen LogP contribution in [0.25, 0.3) is 0 Å². The van der Waals surface area contributed by atoms with E-state index in [1.165, 1.54) is 0 Å². The average Bonchev–Trinajstić information content (AvgIpc) is 2.39. The highest BCUT2D eigenvalue weighted by atomic mass is 16.2. The standard InChI is InChI=1S/C13H21N3O2/c1-3-7-11(14)12(17)15-10(2)13(18)16-8-5-4-6-9-16/h1,10-11H,4-9,14H2,2H3,(H,15,17). The summed E-state index contributed by atoms with van der Waals surface area (Å²) in [5.41, 5.74) is 5.58. The zero-order valence-corrected chi connectivity index (χ0v) is 10.8. The quantitative estimate of drug-likeness (QED) is 0.683. The van der Waals surface area contributed by atoms with Crippen molar-refractivity contribution in [2.45, 2.75) is 44.7 Å². The van der Waals surface area contributed by atoms with Crippen molar-refractivity contribution in [3.8, 4) is 12.3 Å². The molecule has 0 aliphatic carbocycles. The van der Waals surface area contributed by atoms with Gasteiger partial charge in [-0.2, -0.15) is 0 Å². The molecule has 0 bridgehead atoms. The third kappa shape index (κ3) is 4.04. The fraction of sp³-hybridized carbons (Fsp3) is 0.692. The van der Waals surface area contributed by atoms with Crippen LogP contribution in [0.4, 0.5) is 0 Å². The molecule has 0 saturated carbocycles. The van der Waals surface area contributed by atoms with E-state index in [4.69, 9.17) is 12.2 Å². The molecule has 1 rings (SSSR count). The van der Waals surface area contributed by atoms with Gasteiger partial charge < -0.3 is 16.0 Å². The van der Waals surface area contributed by atoms with Crippen LogP contribution in [0.2, 0.25) is 0 Å². The highest BCUT2D eigenvalue weighted by Crippen LogP contribution is 2.09. The van der Waals surface area contributed by atoms with Crippen molar-refractivity contribution in [2.75, 3.05) is 13.1 Å². The van der Waals surface area contributed by atoms with E-state index < -0.39 is 12.1 Å². The lowest BCUT2D eigenvalue weighted by Crippen LogP contribution is -2.52. The lowest BCUT2D eigenvalue weighted by Gasteiger charge is -2.29. The second-order valence-corrected chi connectivity index (χ2v) is 4.63. The van der Waals surface area contributed by atoms with Crippen molar-refractivity contribution in [2.24, 2.45) is 5.73 Å². The molecule has 5 nitrogen and oxygen atoms in total. The number of nitrogens with zero attached hydrogens (tertiary/aromatic N) is 1. The molecule has 1 saturated heterocycles. The second-order valence-electron chi connectivity index (χ2n) is 4.63. The zero-order chi connectivity index (χ0) is 13.5. The van der Waals surface area contributed by atoms with E-state index in [1.807, 2.05) is 0 Å². The second kappa shape index (κ2) is 7.02. The maximum atomic E-state index is 12.0. The number of piperidine rings is 1. The molecule has 1 aliphatic heterocycles. The van der Waals surface area contributed by atoms with Crippen LogP contribution >= 0.6 is 0 Å². The Morgan fingerprint density at radius 1 is 1.39 bits per heavy atom. The van der Waals surface area contributed by atoms with Crippen LogP contribution in [0.3, 0.4) is 0 Å². The number of hydrogen-bond acceptors (Lipinski definition) is 3. The van der Waals surface area contributed by atoms with Gasteiger partial charge >= 0.3 is 0 Å². The van der Waals surface area contributed by atoms with E-state index in [0.29, 0.717) is 0 Å². The summed E-state index contributed by atoms with van der Waals surface area (Å²) in [5, 5.41) is 2.61. The summed E-state index contributed by atoms with van der Waals surface area (Å²) in [7, 11) is 0. The molecule has 100 valence electrons. The molecule has 1 heterocycles. The predicted octanol–water partition coefficient (Wildman–Crippen LogP) is -0.146. The number of amides is 2. The van der Waals surface area contributed by atoms with E-state index in [2.05, 4.69) is 11.2 Å². The van der Waals surface area contributed by atoms with Crippen LogP contribution in [-0.2, 0) is 9.59 Å². The van der Waals surface area contributed by atoms with Gasteiger partial charge in [-0.1, -0.05) is 0 Å². The number of rotatable bonds is 4. The van der Waals surface area contributed by atoms with E-state index in [-0.39, 0.29) is 18.2 Å². The average molecular weight is 251 g/mol. The number of hydrogen-bond donors (Lipinski definition) is 2. The molecule has 0 radical (unpaired) electrons. The minimum absolute atomic E-state index is 0.0454. The topological polar surface area (TPSA) is 75.4 Å². The van der Waals surface area contributed by atoms with Gasteiger partial charge in [0.1, 0.15) is 6.04 Å². The number of carbonyl (C=O) groups excluding carboxylic acids is 2. The minimum atomic E-state index is -0.744. The van der Waals surface area contributed by atoms with Gasteiger partial charge in [-0.15, -0.1) is 12.3 Å². The molecule has 5 heteroatoms. The normalized spacial score (nSPS) is 18.6. The molecule has 2 unspecified atom stereocenters. The summed E-state index contributed by atoms with van der Waals surface area (Å²) in [6, 6.07) is -1.29. The van der Waals surface area contributed by atoms with Crippen molar-refractivity contribution in [3.05, 3.63) is 0 Å². The fourth-order valence-electron chi connectivity index (χ4n) is 1.99. The molecule has 0 aromatic heterocycles. The van der Waals surface area contributed by atoms with Gasteiger partial charge in [0.2, 0.25) is 11.8 Å². The lowest BCUT2D eigenvalue weighted by molar-refractivity contribution is -0.136. The summed E-state index contributed by atoms with van der Waals surface area (Å²) in [4.78, 5) is 25.5. The summed E-state index contributed by atoms with van der Waals surface area (Å²) >= 11 is 0. The summed E-state index contributed by atoms with van der Waals surface area (Å²) in [6.45, 7) is 3.22. The fourth-order valence-corrected chi connectivity index (χ4v) is 1.99. The van der Waals surface area contributed by atoms with Gasteiger partial charge in [0.05, 0.1) is 6.04 Å². The molecule has 0 aromatic carbocycles. The molecule has 1 aliphatic rings. The lowest BCUT2D eigenvalue weighted by atomic mass is 10.1. The van der Waals surface area contributed by atoms with Crippen molar-refractivity contribution in [1.82, 2.24) is 10.2 Å². The number of terminal acetylenes is 1. The Morgan fingerprint density at radius 3 is 2.56 bits per heavy atom. The third-order valence-corrected chi connectivity index (χ3v) is 3.07. The molecule has 2 amide bonds. The van der Waals surface area contributed by atoms with Crippen LogP contribution in [-0.4, -0.2) is 41.9 Å².